The van der Waals surface area contributed by atoms with Crippen molar-refractivity contribution in [1.82, 2.24) is 4.90 Å². The molecule has 0 fully saturated rings. The van der Waals surface area contributed by atoms with Crippen molar-refractivity contribution in [3.63, 3.8) is 0 Å². The van der Waals surface area contributed by atoms with Crippen LogP contribution in [0, 0.1) is 0 Å². The third-order valence-electron chi connectivity index (χ3n) is 4.27. The van der Waals surface area contributed by atoms with Gasteiger partial charge in [0.2, 0.25) is 0 Å². The van der Waals surface area contributed by atoms with E-state index in [2.05, 4.69) is 24.3 Å². The van der Waals surface area contributed by atoms with Crippen molar-refractivity contribution < 1.29 is 14.3 Å². The predicted molar refractivity (Wildman–Crippen MR) is 106 cm³/mol. The molecule has 26 heavy (non-hydrogen) atoms. The lowest BCUT2D eigenvalue weighted by Gasteiger charge is -2.20. The molecular weight excluding hydrogens is 346 g/mol. The minimum Gasteiger partial charge on any atom is -0.484 e. The highest BCUT2D eigenvalue weighted by Gasteiger charge is 2.17. The van der Waals surface area contributed by atoms with E-state index in [-0.39, 0.29) is 12.2 Å². The zero-order valence-electron chi connectivity index (χ0n) is 15.1. The number of hydrogen-bond acceptors (Lipinski definition) is 4. The highest BCUT2D eigenvalue weighted by molar-refractivity contribution is 7.10. The predicted octanol–water partition coefficient (Wildman–Crippen LogP) is 5.50. The second kappa shape index (κ2) is 8.72. The Hall–Kier alpha value is -2.53. The number of carbonyl (C=O) groups is 1. The summed E-state index contributed by atoms with van der Waals surface area (Å²) in [6.07, 6.45) is 0.149. The Balaban J connectivity index is 1.74. The number of rotatable bonds is 7. The Morgan fingerprint density at radius 1 is 1.12 bits per heavy atom. The smallest absolute Gasteiger partial charge is 0.409 e. The normalized spacial score (nSPS) is 11.9. The third kappa shape index (κ3) is 4.35. The van der Waals surface area contributed by atoms with Gasteiger partial charge in [0.25, 0.3) is 0 Å². The van der Waals surface area contributed by atoms with E-state index in [9.17, 15) is 4.79 Å². The third-order valence-corrected chi connectivity index (χ3v) is 5.24. The van der Waals surface area contributed by atoms with Crippen molar-refractivity contribution >= 4 is 28.2 Å². The first kappa shape index (κ1) is 18.3. The Morgan fingerprint density at radius 3 is 2.69 bits per heavy atom. The summed E-state index contributed by atoms with van der Waals surface area (Å²) >= 11 is 1.65. The molecule has 0 saturated heterocycles. The molecule has 0 saturated carbocycles. The van der Waals surface area contributed by atoms with Crippen LogP contribution in [0.25, 0.3) is 10.8 Å². The Labute approximate surface area is 158 Å². The molecule has 0 aliphatic rings. The lowest BCUT2D eigenvalue weighted by molar-refractivity contribution is 0.0935. The van der Waals surface area contributed by atoms with E-state index in [4.69, 9.17) is 9.47 Å². The number of carbonyl (C=O) groups excluding carboxylic acids is 1. The minimum atomic E-state index is -0.303. The van der Waals surface area contributed by atoms with Crippen LogP contribution in [0.2, 0.25) is 0 Å². The van der Waals surface area contributed by atoms with Gasteiger partial charge in [0.05, 0.1) is 6.61 Å². The first-order valence-electron chi connectivity index (χ1n) is 8.74. The molecule has 136 valence electrons. The monoisotopic (exact) mass is 369 g/mol. The SMILES string of the molecule is CCN(C)C(=O)OCCC(Oc1cccc2ccccc12)c1cccs1. The summed E-state index contributed by atoms with van der Waals surface area (Å²) in [7, 11) is 1.73. The number of amides is 1. The van der Waals surface area contributed by atoms with Crippen LogP contribution in [0.4, 0.5) is 4.79 Å². The van der Waals surface area contributed by atoms with Gasteiger partial charge in [0, 0.05) is 30.3 Å². The second-order valence-electron chi connectivity index (χ2n) is 6.02. The maximum absolute atomic E-state index is 11.8. The minimum absolute atomic E-state index is 0.152. The molecule has 5 heteroatoms. The molecule has 0 aliphatic carbocycles. The molecular formula is C21H23NO3S. The van der Waals surface area contributed by atoms with Gasteiger partial charge in [0.15, 0.2) is 0 Å². The first-order valence-corrected chi connectivity index (χ1v) is 9.62. The van der Waals surface area contributed by atoms with Crippen molar-refractivity contribution in [3.8, 4) is 5.75 Å². The summed E-state index contributed by atoms with van der Waals surface area (Å²) in [5.41, 5.74) is 0. The molecule has 4 nitrogen and oxygen atoms in total. The highest BCUT2D eigenvalue weighted by atomic mass is 32.1. The summed E-state index contributed by atoms with van der Waals surface area (Å²) in [5, 5.41) is 4.26. The average molecular weight is 369 g/mol. The Kier molecular flexibility index (Phi) is 6.12. The Bertz CT molecular complexity index is 842. The van der Waals surface area contributed by atoms with Crippen molar-refractivity contribution in [2.75, 3.05) is 20.2 Å². The highest BCUT2D eigenvalue weighted by Crippen LogP contribution is 2.32. The van der Waals surface area contributed by atoms with Gasteiger partial charge in [-0.3, -0.25) is 0 Å². The Morgan fingerprint density at radius 2 is 1.92 bits per heavy atom. The largest absolute Gasteiger partial charge is 0.484 e. The van der Waals surface area contributed by atoms with Crippen molar-refractivity contribution in [1.29, 1.82) is 0 Å². The van der Waals surface area contributed by atoms with Crippen LogP contribution >= 0.6 is 11.3 Å². The van der Waals surface area contributed by atoms with Crippen LogP contribution < -0.4 is 4.74 Å². The fraction of sp³-hybridized carbons (Fsp3) is 0.286. The zero-order chi connectivity index (χ0) is 18.4. The van der Waals surface area contributed by atoms with Gasteiger partial charge < -0.3 is 14.4 Å². The van der Waals surface area contributed by atoms with E-state index in [1.54, 1.807) is 23.3 Å². The molecule has 0 N–H and O–H groups in total. The van der Waals surface area contributed by atoms with Crippen LogP contribution in [-0.4, -0.2) is 31.2 Å². The van der Waals surface area contributed by atoms with E-state index in [0.717, 1.165) is 21.4 Å². The van der Waals surface area contributed by atoms with Crippen LogP contribution in [0.15, 0.2) is 60.0 Å². The van der Waals surface area contributed by atoms with Gasteiger partial charge in [-0.25, -0.2) is 4.79 Å². The van der Waals surface area contributed by atoms with Gasteiger partial charge in [0.1, 0.15) is 11.9 Å². The lowest BCUT2D eigenvalue weighted by Crippen LogP contribution is -2.27. The summed E-state index contributed by atoms with van der Waals surface area (Å²) in [4.78, 5) is 14.5. The number of ether oxygens (including phenoxy) is 2. The summed E-state index contributed by atoms with van der Waals surface area (Å²) in [6, 6.07) is 18.3. The maximum Gasteiger partial charge on any atom is 0.409 e. The summed E-state index contributed by atoms with van der Waals surface area (Å²) in [6.45, 7) is 2.86. The quantitative estimate of drug-likeness (QED) is 0.552. The van der Waals surface area contributed by atoms with Gasteiger partial charge in [-0.2, -0.15) is 0 Å². The molecule has 1 heterocycles. The molecule has 2 aromatic carbocycles. The van der Waals surface area contributed by atoms with Crippen LogP contribution in [0.5, 0.6) is 5.75 Å². The van der Waals surface area contributed by atoms with Gasteiger partial charge in [-0.1, -0.05) is 42.5 Å². The molecule has 0 aliphatic heterocycles. The van der Waals surface area contributed by atoms with E-state index >= 15 is 0 Å². The average Bonchev–Trinajstić information content (AvgIpc) is 3.21. The van der Waals surface area contributed by atoms with E-state index in [1.165, 1.54) is 0 Å². The van der Waals surface area contributed by atoms with Crippen LogP contribution in [-0.2, 0) is 4.74 Å². The molecule has 1 unspecified atom stereocenters. The van der Waals surface area contributed by atoms with Crippen molar-refractivity contribution in [2.45, 2.75) is 19.4 Å². The molecule has 3 aromatic rings. The summed E-state index contributed by atoms with van der Waals surface area (Å²) in [5.74, 6) is 0.846. The molecule has 1 aromatic heterocycles. The molecule has 0 spiro atoms. The fourth-order valence-corrected chi connectivity index (χ4v) is 3.47. The van der Waals surface area contributed by atoms with E-state index in [1.807, 2.05) is 42.6 Å². The van der Waals surface area contributed by atoms with E-state index in [0.29, 0.717) is 19.6 Å². The number of nitrogens with zero attached hydrogens (tertiary/aromatic N) is 1. The number of benzene rings is 2. The van der Waals surface area contributed by atoms with Gasteiger partial charge in [-0.15, -0.1) is 11.3 Å². The second-order valence-corrected chi connectivity index (χ2v) is 7.00. The molecule has 1 atom stereocenters. The van der Waals surface area contributed by atoms with E-state index < -0.39 is 0 Å². The molecule has 3 rings (SSSR count). The number of hydrogen-bond donors (Lipinski definition) is 0. The van der Waals surface area contributed by atoms with Crippen molar-refractivity contribution in [2.24, 2.45) is 0 Å². The molecule has 0 bridgehead atoms. The summed E-state index contributed by atoms with van der Waals surface area (Å²) < 4.78 is 11.7. The topological polar surface area (TPSA) is 38.8 Å². The lowest BCUT2D eigenvalue weighted by atomic mass is 10.1. The standard InChI is InChI=1S/C21H23NO3S/c1-3-22(2)21(23)24-14-13-19(20-12-7-15-26-20)25-18-11-6-9-16-8-4-5-10-17(16)18/h4-12,15,19H,3,13-14H2,1-2H3. The number of fused-ring (bicyclic) bond motifs is 1. The first-order chi connectivity index (χ1) is 12.7. The zero-order valence-corrected chi connectivity index (χ0v) is 15.9. The van der Waals surface area contributed by atoms with Crippen molar-refractivity contribution in [3.05, 3.63) is 64.9 Å². The fourth-order valence-electron chi connectivity index (χ4n) is 2.68. The van der Waals surface area contributed by atoms with Crippen LogP contribution in [0.3, 0.4) is 0 Å². The van der Waals surface area contributed by atoms with Gasteiger partial charge in [-0.05, 0) is 29.8 Å². The number of thiophene rings is 1. The van der Waals surface area contributed by atoms with Crippen LogP contribution in [0.1, 0.15) is 24.3 Å². The molecule has 0 radical (unpaired) electrons. The van der Waals surface area contributed by atoms with Gasteiger partial charge >= 0.3 is 6.09 Å². The molecule has 1 amide bonds. The maximum atomic E-state index is 11.8.